The third-order valence-electron chi connectivity index (χ3n) is 2.91. The van der Waals surface area contributed by atoms with Crippen LogP contribution in [0.25, 0.3) is 11.3 Å². The van der Waals surface area contributed by atoms with E-state index in [0.717, 1.165) is 12.3 Å². The minimum absolute atomic E-state index is 0.0345. The first-order valence-electron chi connectivity index (χ1n) is 6.03. The molecule has 9 heteroatoms. The monoisotopic (exact) mass is 383 g/mol. The molecule has 0 spiro atoms. The number of alkyl halides is 3. The molecule has 3 nitrogen and oxygen atoms in total. The average molecular weight is 385 g/mol. The third kappa shape index (κ3) is 3.88. The van der Waals surface area contributed by atoms with E-state index in [0.29, 0.717) is 0 Å². The van der Waals surface area contributed by atoms with Crippen LogP contribution in [0.1, 0.15) is 11.1 Å². The Morgan fingerprint density at radius 3 is 2.43 bits per heavy atom. The van der Waals surface area contributed by atoms with Gasteiger partial charge in [0.2, 0.25) is 0 Å². The topological polar surface area (TPSA) is 50.2 Å². The van der Waals surface area contributed by atoms with E-state index in [4.69, 9.17) is 39.9 Å². The van der Waals surface area contributed by atoms with Crippen molar-refractivity contribution in [1.82, 2.24) is 4.98 Å². The predicted octanol–water partition coefficient (Wildman–Crippen LogP) is 5.35. The number of carboxylic acids is 1. The number of halogens is 6. The van der Waals surface area contributed by atoms with Crippen LogP contribution in [-0.2, 0) is 17.4 Å². The fraction of sp³-hybridized carbons (Fsp3) is 0.143. The first-order chi connectivity index (χ1) is 10.6. The second-order valence-corrected chi connectivity index (χ2v) is 5.73. The van der Waals surface area contributed by atoms with Gasteiger partial charge in [0.1, 0.15) is 0 Å². The second-order valence-electron chi connectivity index (χ2n) is 4.51. The summed E-state index contributed by atoms with van der Waals surface area (Å²) in [6.07, 6.45) is -4.56. The molecule has 0 amide bonds. The van der Waals surface area contributed by atoms with Crippen LogP contribution in [0, 0.1) is 0 Å². The highest BCUT2D eigenvalue weighted by atomic mass is 35.5. The Morgan fingerprint density at radius 1 is 1.22 bits per heavy atom. The highest BCUT2D eigenvalue weighted by molar-refractivity contribution is 6.45. The van der Waals surface area contributed by atoms with Crippen LogP contribution >= 0.6 is 34.8 Å². The molecule has 0 radical (unpaired) electrons. The molecule has 0 bridgehead atoms. The Morgan fingerprint density at radius 2 is 1.87 bits per heavy atom. The van der Waals surface area contributed by atoms with Gasteiger partial charge in [-0.05, 0) is 23.8 Å². The van der Waals surface area contributed by atoms with Gasteiger partial charge in [-0.25, -0.2) is 0 Å². The molecule has 0 unspecified atom stereocenters. The molecule has 0 aliphatic rings. The molecule has 2 rings (SSSR count). The highest BCUT2D eigenvalue weighted by Crippen LogP contribution is 2.43. The number of carbonyl (C=O) groups is 1. The van der Waals surface area contributed by atoms with Crippen molar-refractivity contribution in [1.29, 1.82) is 0 Å². The molecule has 122 valence electrons. The number of aliphatic carboxylic acids is 1. The maximum atomic E-state index is 13.4. The summed E-state index contributed by atoms with van der Waals surface area (Å²) in [5.74, 6) is -1.40. The van der Waals surface area contributed by atoms with Gasteiger partial charge >= 0.3 is 12.1 Å². The minimum atomic E-state index is -4.83. The SMILES string of the molecule is O=C(O)Cc1ccnc(-c2cc(Cl)cc(Cl)c2Cl)c1C(F)(F)F. The number of rotatable bonds is 3. The lowest BCUT2D eigenvalue weighted by molar-refractivity contribution is -0.139. The summed E-state index contributed by atoms with van der Waals surface area (Å²) in [4.78, 5) is 14.5. The van der Waals surface area contributed by atoms with Gasteiger partial charge < -0.3 is 5.11 Å². The Kier molecular flexibility index (Phi) is 5.08. The Balaban J connectivity index is 2.80. The van der Waals surface area contributed by atoms with Crippen LogP contribution < -0.4 is 0 Å². The van der Waals surface area contributed by atoms with Crippen molar-refractivity contribution >= 4 is 40.8 Å². The summed E-state index contributed by atoms with van der Waals surface area (Å²) in [5.41, 5.74) is -2.25. The van der Waals surface area contributed by atoms with Crippen molar-refractivity contribution in [2.45, 2.75) is 12.6 Å². The van der Waals surface area contributed by atoms with Crippen LogP contribution in [0.4, 0.5) is 13.2 Å². The molecule has 1 N–H and O–H groups in total. The standard InChI is InChI=1S/C14H7Cl3F3NO2/c15-7-4-8(12(17)9(16)5-7)13-11(14(18,19)20)6(1-2-21-13)3-10(22)23/h1-2,4-5H,3H2,(H,22,23). The van der Waals surface area contributed by atoms with Crippen LogP contribution in [0.5, 0.6) is 0 Å². The molecule has 0 fully saturated rings. The maximum Gasteiger partial charge on any atom is 0.418 e. The van der Waals surface area contributed by atoms with E-state index in [9.17, 15) is 18.0 Å². The fourth-order valence-corrected chi connectivity index (χ4v) is 2.75. The predicted molar refractivity (Wildman–Crippen MR) is 81.0 cm³/mol. The van der Waals surface area contributed by atoms with Gasteiger partial charge in [-0.3, -0.25) is 9.78 Å². The number of carboxylic acid groups (broad SMARTS) is 1. The molecular formula is C14H7Cl3F3NO2. The molecule has 2 aromatic rings. The van der Waals surface area contributed by atoms with Crippen LogP contribution in [-0.4, -0.2) is 16.1 Å². The van der Waals surface area contributed by atoms with Crippen LogP contribution in [0.3, 0.4) is 0 Å². The van der Waals surface area contributed by atoms with E-state index in [2.05, 4.69) is 4.98 Å². The highest BCUT2D eigenvalue weighted by Gasteiger charge is 2.38. The Labute approximate surface area is 143 Å². The molecule has 0 aliphatic carbocycles. The Hall–Kier alpha value is -1.50. The van der Waals surface area contributed by atoms with Crippen molar-refractivity contribution in [2.24, 2.45) is 0 Å². The van der Waals surface area contributed by atoms with Gasteiger partial charge in [-0.2, -0.15) is 13.2 Å². The molecule has 1 aromatic carbocycles. The van der Waals surface area contributed by atoms with Crippen molar-refractivity contribution < 1.29 is 23.1 Å². The quantitative estimate of drug-likeness (QED) is 0.725. The van der Waals surface area contributed by atoms with Gasteiger partial charge in [0.15, 0.2) is 0 Å². The molecule has 23 heavy (non-hydrogen) atoms. The largest absolute Gasteiger partial charge is 0.481 e. The van der Waals surface area contributed by atoms with Crippen LogP contribution in [0.15, 0.2) is 24.4 Å². The van der Waals surface area contributed by atoms with Gasteiger partial charge in [-0.15, -0.1) is 0 Å². The molecule has 0 aliphatic heterocycles. The van der Waals surface area contributed by atoms with E-state index in [1.54, 1.807) is 0 Å². The van der Waals surface area contributed by atoms with Gasteiger partial charge in [0.05, 0.1) is 27.7 Å². The summed E-state index contributed by atoms with van der Waals surface area (Å²) in [6.45, 7) is 0. The first-order valence-corrected chi connectivity index (χ1v) is 7.16. The first kappa shape index (κ1) is 17.8. The average Bonchev–Trinajstić information content (AvgIpc) is 2.40. The van der Waals surface area contributed by atoms with Crippen molar-refractivity contribution in [3.05, 3.63) is 50.6 Å². The normalized spacial score (nSPS) is 11.6. The van der Waals surface area contributed by atoms with E-state index >= 15 is 0 Å². The number of hydrogen-bond donors (Lipinski definition) is 1. The summed E-state index contributed by atoms with van der Waals surface area (Å²) in [5, 5.41) is 8.70. The van der Waals surface area contributed by atoms with Gasteiger partial charge in [-0.1, -0.05) is 34.8 Å². The lowest BCUT2D eigenvalue weighted by atomic mass is 9.98. The van der Waals surface area contributed by atoms with Crippen molar-refractivity contribution in [3.8, 4) is 11.3 Å². The number of pyridine rings is 1. The van der Waals surface area contributed by atoms with Gasteiger partial charge in [0.25, 0.3) is 0 Å². The lowest BCUT2D eigenvalue weighted by Gasteiger charge is -2.17. The summed E-state index contributed by atoms with van der Waals surface area (Å²) >= 11 is 17.6. The van der Waals surface area contributed by atoms with E-state index < -0.39 is 35.4 Å². The number of benzene rings is 1. The smallest absolute Gasteiger partial charge is 0.418 e. The zero-order chi connectivity index (χ0) is 17.4. The van der Waals surface area contributed by atoms with Crippen LogP contribution in [0.2, 0.25) is 15.1 Å². The summed E-state index contributed by atoms with van der Waals surface area (Å²) in [6, 6.07) is 3.47. The molecule has 0 saturated carbocycles. The van der Waals surface area contributed by atoms with Gasteiger partial charge in [0, 0.05) is 16.8 Å². The molecular weight excluding hydrogens is 378 g/mol. The number of nitrogens with zero attached hydrogens (tertiary/aromatic N) is 1. The van der Waals surface area contributed by atoms with E-state index in [1.165, 1.54) is 12.1 Å². The molecule has 0 atom stereocenters. The second kappa shape index (κ2) is 6.55. The van der Waals surface area contributed by atoms with Crippen molar-refractivity contribution in [2.75, 3.05) is 0 Å². The Bertz CT molecular complexity index is 779. The third-order valence-corrected chi connectivity index (χ3v) is 3.93. The zero-order valence-corrected chi connectivity index (χ0v) is 13.4. The van der Waals surface area contributed by atoms with E-state index in [1.807, 2.05) is 0 Å². The zero-order valence-electron chi connectivity index (χ0n) is 11.1. The maximum absolute atomic E-state index is 13.4. The summed E-state index contributed by atoms with van der Waals surface area (Å²) < 4.78 is 40.3. The van der Waals surface area contributed by atoms with E-state index in [-0.39, 0.29) is 20.6 Å². The molecule has 1 heterocycles. The minimum Gasteiger partial charge on any atom is -0.481 e. The number of hydrogen-bond acceptors (Lipinski definition) is 2. The van der Waals surface area contributed by atoms with Crippen molar-refractivity contribution in [3.63, 3.8) is 0 Å². The summed E-state index contributed by atoms with van der Waals surface area (Å²) in [7, 11) is 0. The molecule has 0 saturated heterocycles. The molecule has 1 aromatic heterocycles. The number of aromatic nitrogens is 1. The fourth-order valence-electron chi connectivity index (χ4n) is 2.06. The lowest BCUT2D eigenvalue weighted by Crippen LogP contribution is -2.15.